The molecule has 0 saturated heterocycles. The third-order valence-corrected chi connectivity index (χ3v) is 6.31. The summed E-state index contributed by atoms with van der Waals surface area (Å²) < 4.78 is 31.4. The molecule has 7 nitrogen and oxygen atoms in total. The topological polar surface area (TPSA) is 92.0 Å². The third-order valence-electron chi connectivity index (χ3n) is 5.09. The number of sulfonamides is 1. The maximum Gasteiger partial charge on any atom is 0.289 e. The van der Waals surface area contributed by atoms with Crippen molar-refractivity contribution in [1.82, 2.24) is 9.73 Å². The number of carbonyl (C=O) groups excluding carboxylic acids is 1. The summed E-state index contributed by atoms with van der Waals surface area (Å²) in [6.45, 7) is 1.88. The minimum atomic E-state index is -3.91. The van der Waals surface area contributed by atoms with E-state index in [0.29, 0.717) is 5.56 Å². The van der Waals surface area contributed by atoms with E-state index in [1.54, 1.807) is 38.4 Å². The fourth-order valence-electron chi connectivity index (χ4n) is 3.27. The van der Waals surface area contributed by atoms with Crippen LogP contribution in [-0.4, -0.2) is 39.0 Å². The predicted octanol–water partition coefficient (Wildman–Crippen LogP) is 4.17. The molecule has 1 N–H and O–H groups in total. The van der Waals surface area contributed by atoms with Crippen LogP contribution in [0.5, 0.6) is 0 Å². The van der Waals surface area contributed by atoms with E-state index in [0.717, 1.165) is 16.3 Å². The Morgan fingerprint density at radius 3 is 2.24 bits per heavy atom. The Kier molecular flexibility index (Phi) is 6.02. The van der Waals surface area contributed by atoms with Crippen LogP contribution in [-0.2, 0) is 10.0 Å². The second kappa shape index (κ2) is 8.91. The maximum absolute atomic E-state index is 12.8. The molecule has 0 saturated carbocycles. The van der Waals surface area contributed by atoms with E-state index in [1.807, 2.05) is 49.4 Å². The van der Waals surface area contributed by atoms with E-state index >= 15 is 0 Å². The number of aryl methyl sites for hydroxylation is 1. The lowest BCUT2D eigenvalue weighted by Crippen LogP contribution is -2.21. The lowest BCUT2D eigenvalue weighted by Gasteiger charge is -2.09. The fraction of sp³-hybridized carbons (Fsp3) is 0.120. The Morgan fingerprint density at radius 2 is 1.55 bits per heavy atom. The Bertz CT molecular complexity index is 1450. The predicted molar refractivity (Wildman–Crippen MR) is 128 cm³/mol. The average molecular weight is 462 g/mol. The van der Waals surface area contributed by atoms with Gasteiger partial charge in [0.15, 0.2) is 11.5 Å². The second-order valence-electron chi connectivity index (χ2n) is 7.79. The summed E-state index contributed by atoms with van der Waals surface area (Å²) in [4.78, 5) is 16.1. The normalized spacial score (nSPS) is 12.0. The molecule has 0 atom stereocenters. The molecule has 0 bridgehead atoms. The Labute approximate surface area is 192 Å². The number of benzene rings is 3. The van der Waals surface area contributed by atoms with Gasteiger partial charge in [0.25, 0.3) is 15.9 Å². The van der Waals surface area contributed by atoms with Crippen molar-refractivity contribution in [3.63, 3.8) is 0 Å². The monoisotopic (exact) mass is 461 g/mol. The number of fused-ring (bicyclic) bond motifs is 1. The van der Waals surface area contributed by atoms with Crippen molar-refractivity contribution < 1.29 is 17.6 Å². The first-order valence-electron chi connectivity index (χ1n) is 10.2. The number of furan rings is 1. The van der Waals surface area contributed by atoms with Crippen LogP contribution in [0.4, 0.5) is 0 Å². The van der Waals surface area contributed by atoms with Gasteiger partial charge in [0.1, 0.15) is 5.71 Å². The van der Waals surface area contributed by atoms with Crippen LogP contribution in [0.2, 0.25) is 0 Å². The molecule has 1 aromatic heterocycles. The van der Waals surface area contributed by atoms with Crippen LogP contribution in [0.25, 0.3) is 10.8 Å². The van der Waals surface area contributed by atoms with E-state index in [9.17, 15) is 13.2 Å². The standard InChI is InChI=1S/C25H23N3O4S/c1-17-8-12-21(13-9-17)33(30,31)27-26-24(22-14-15-23(32-22)25(29)28(2)3)20-11-10-18-6-4-5-7-19(18)16-20/h4-16,27H,1-3H3/b26-24+. The first-order chi connectivity index (χ1) is 15.7. The summed E-state index contributed by atoms with van der Waals surface area (Å²) >= 11 is 0. The molecule has 3 aromatic carbocycles. The highest BCUT2D eigenvalue weighted by Crippen LogP contribution is 2.21. The number of hydrazone groups is 1. The van der Waals surface area contributed by atoms with Gasteiger partial charge in [-0.25, -0.2) is 0 Å². The summed E-state index contributed by atoms with van der Waals surface area (Å²) in [7, 11) is -0.661. The van der Waals surface area contributed by atoms with Gasteiger partial charge >= 0.3 is 0 Å². The van der Waals surface area contributed by atoms with Gasteiger partial charge in [-0.3, -0.25) is 4.79 Å². The summed E-state index contributed by atoms with van der Waals surface area (Å²) in [5, 5.41) is 6.21. The number of nitrogens with zero attached hydrogens (tertiary/aromatic N) is 2. The first-order valence-corrected chi connectivity index (χ1v) is 11.7. The molecule has 33 heavy (non-hydrogen) atoms. The molecular weight excluding hydrogens is 438 g/mol. The molecule has 1 amide bonds. The van der Waals surface area contributed by atoms with Crippen molar-refractivity contribution in [3.8, 4) is 0 Å². The van der Waals surface area contributed by atoms with E-state index < -0.39 is 10.0 Å². The lowest BCUT2D eigenvalue weighted by atomic mass is 10.0. The molecule has 1 heterocycles. The zero-order chi connectivity index (χ0) is 23.6. The number of hydrogen-bond acceptors (Lipinski definition) is 5. The second-order valence-corrected chi connectivity index (χ2v) is 9.45. The van der Waals surface area contributed by atoms with Crippen molar-refractivity contribution >= 4 is 32.4 Å². The van der Waals surface area contributed by atoms with Crippen molar-refractivity contribution in [1.29, 1.82) is 0 Å². The van der Waals surface area contributed by atoms with Crippen molar-refractivity contribution in [3.05, 3.63) is 102 Å². The lowest BCUT2D eigenvalue weighted by molar-refractivity contribution is 0.0796. The van der Waals surface area contributed by atoms with Gasteiger partial charge in [-0.2, -0.15) is 18.4 Å². The third kappa shape index (κ3) is 4.80. The van der Waals surface area contributed by atoms with Gasteiger partial charge in [0, 0.05) is 19.7 Å². The van der Waals surface area contributed by atoms with Crippen molar-refractivity contribution in [2.75, 3.05) is 14.1 Å². The van der Waals surface area contributed by atoms with Crippen LogP contribution in [0.3, 0.4) is 0 Å². The minimum Gasteiger partial charge on any atom is -0.449 e. The van der Waals surface area contributed by atoms with Crippen molar-refractivity contribution in [2.24, 2.45) is 5.10 Å². The van der Waals surface area contributed by atoms with E-state index in [-0.39, 0.29) is 28.0 Å². The molecule has 0 unspecified atom stereocenters. The van der Waals surface area contributed by atoms with Gasteiger partial charge in [-0.05, 0) is 48.0 Å². The Morgan fingerprint density at radius 1 is 0.879 bits per heavy atom. The molecule has 0 aliphatic carbocycles. The molecule has 4 rings (SSSR count). The molecular formula is C25H23N3O4S. The fourth-order valence-corrected chi connectivity index (χ4v) is 4.09. The summed E-state index contributed by atoms with van der Waals surface area (Å²) in [5.41, 5.74) is 1.84. The molecule has 0 aliphatic rings. The maximum atomic E-state index is 12.8. The molecule has 168 valence electrons. The number of amides is 1. The number of nitrogens with one attached hydrogen (secondary N) is 1. The summed E-state index contributed by atoms with van der Waals surface area (Å²) in [6, 6.07) is 23.1. The largest absolute Gasteiger partial charge is 0.449 e. The van der Waals surface area contributed by atoms with E-state index in [4.69, 9.17) is 4.42 Å². The van der Waals surface area contributed by atoms with Crippen LogP contribution in [0, 0.1) is 6.92 Å². The van der Waals surface area contributed by atoms with Gasteiger partial charge in [-0.1, -0.05) is 54.1 Å². The van der Waals surface area contributed by atoms with Gasteiger partial charge in [-0.15, -0.1) is 0 Å². The van der Waals surface area contributed by atoms with Crippen LogP contribution >= 0.6 is 0 Å². The highest BCUT2D eigenvalue weighted by Gasteiger charge is 2.19. The van der Waals surface area contributed by atoms with E-state index in [1.165, 1.54) is 17.0 Å². The van der Waals surface area contributed by atoms with Crippen LogP contribution < -0.4 is 4.83 Å². The molecule has 4 aromatic rings. The number of hydrogen-bond donors (Lipinski definition) is 1. The Balaban J connectivity index is 1.78. The van der Waals surface area contributed by atoms with E-state index in [2.05, 4.69) is 9.93 Å². The zero-order valence-electron chi connectivity index (χ0n) is 18.4. The molecule has 0 radical (unpaired) electrons. The average Bonchev–Trinajstić information content (AvgIpc) is 3.28. The summed E-state index contributed by atoms with van der Waals surface area (Å²) in [6.07, 6.45) is 0. The highest BCUT2D eigenvalue weighted by atomic mass is 32.2. The van der Waals surface area contributed by atoms with Gasteiger partial charge in [0.2, 0.25) is 0 Å². The highest BCUT2D eigenvalue weighted by molar-refractivity contribution is 7.89. The first kappa shape index (κ1) is 22.3. The zero-order valence-corrected chi connectivity index (χ0v) is 19.3. The molecule has 0 fully saturated rings. The summed E-state index contributed by atoms with van der Waals surface area (Å²) in [5.74, 6) is 0.0892. The number of carbonyl (C=O) groups is 1. The minimum absolute atomic E-state index is 0.0950. The van der Waals surface area contributed by atoms with Crippen molar-refractivity contribution in [2.45, 2.75) is 11.8 Å². The van der Waals surface area contributed by atoms with Gasteiger partial charge < -0.3 is 9.32 Å². The molecule has 8 heteroatoms. The molecule has 0 aliphatic heterocycles. The molecule has 0 spiro atoms. The van der Waals surface area contributed by atoms with Gasteiger partial charge in [0.05, 0.1) is 4.90 Å². The SMILES string of the molecule is Cc1ccc(S(=O)(=O)N/N=C(\c2ccc3ccccc3c2)c2ccc(C(=O)N(C)C)o2)cc1. The Hall–Kier alpha value is -3.91. The van der Waals surface area contributed by atoms with Crippen LogP contribution in [0.1, 0.15) is 27.4 Å². The quantitative estimate of drug-likeness (QED) is 0.345. The number of rotatable bonds is 6. The van der Waals surface area contributed by atoms with Crippen LogP contribution in [0.15, 0.2) is 93.3 Å². The smallest absolute Gasteiger partial charge is 0.289 e.